The number of carbonyl (C=O) groups is 1. The molecule has 0 aliphatic heterocycles. The van der Waals surface area contributed by atoms with Crippen LogP contribution in [0.25, 0.3) is 0 Å². The molecule has 2 rings (SSSR count). The van der Waals surface area contributed by atoms with Crippen LogP contribution in [-0.2, 0) is 4.79 Å². The maximum atomic E-state index is 10.7. The van der Waals surface area contributed by atoms with Crippen molar-refractivity contribution in [2.45, 2.75) is 32.2 Å². The van der Waals surface area contributed by atoms with Gasteiger partial charge in [0, 0.05) is 11.6 Å². The Balaban J connectivity index is 2.12. The highest BCUT2D eigenvalue weighted by Gasteiger charge is 2.23. The van der Waals surface area contributed by atoms with E-state index in [1.165, 1.54) is 12.8 Å². The van der Waals surface area contributed by atoms with Gasteiger partial charge < -0.3 is 15.6 Å². The molecule has 0 saturated heterocycles. The largest absolute Gasteiger partial charge is 0.493 e. The lowest BCUT2D eigenvalue weighted by molar-refractivity contribution is -0.137. The number of aryl methyl sites for hydroxylation is 1. The molecule has 0 heterocycles. The standard InChI is InChI=1S/C14H19NO3/c1-9-2-5-13(18-8-10-3-4-10)11(6-9)12(15)7-14(16)17/h2,5-6,10,12H,3-4,7-8,15H2,1H3,(H,16,17). The first kappa shape index (κ1) is 12.9. The number of nitrogens with two attached hydrogens (primary N) is 1. The van der Waals surface area contributed by atoms with E-state index in [9.17, 15) is 4.79 Å². The summed E-state index contributed by atoms with van der Waals surface area (Å²) >= 11 is 0. The average Bonchev–Trinajstić information content (AvgIpc) is 3.10. The first-order valence-corrected chi connectivity index (χ1v) is 6.27. The van der Waals surface area contributed by atoms with Crippen molar-refractivity contribution in [2.75, 3.05) is 6.61 Å². The normalized spacial score (nSPS) is 16.3. The maximum Gasteiger partial charge on any atom is 0.305 e. The van der Waals surface area contributed by atoms with Crippen molar-refractivity contribution in [3.05, 3.63) is 29.3 Å². The van der Waals surface area contributed by atoms with Crippen LogP contribution in [0.4, 0.5) is 0 Å². The predicted octanol–water partition coefficient (Wildman–Crippen LogP) is 2.26. The van der Waals surface area contributed by atoms with Gasteiger partial charge in [-0.3, -0.25) is 4.79 Å². The second kappa shape index (κ2) is 5.40. The van der Waals surface area contributed by atoms with Crippen molar-refractivity contribution in [3.63, 3.8) is 0 Å². The first-order chi connectivity index (χ1) is 8.56. The van der Waals surface area contributed by atoms with Gasteiger partial charge in [0.1, 0.15) is 5.75 Å². The SMILES string of the molecule is Cc1ccc(OCC2CC2)c(C(N)CC(=O)O)c1. The van der Waals surface area contributed by atoms with Crippen LogP contribution in [0.15, 0.2) is 18.2 Å². The summed E-state index contributed by atoms with van der Waals surface area (Å²) in [6.07, 6.45) is 2.37. The van der Waals surface area contributed by atoms with Crippen LogP contribution in [0.3, 0.4) is 0 Å². The zero-order valence-corrected chi connectivity index (χ0v) is 10.6. The zero-order chi connectivity index (χ0) is 13.1. The topological polar surface area (TPSA) is 72.5 Å². The smallest absolute Gasteiger partial charge is 0.305 e. The van der Waals surface area contributed by atoms with E-state index in [4.69, 9.17) is 15.6 Å². The van der Waals surface area contributed by atoms with Crippen molar-refractivity contribution in [2.24, 2.45) is 11.7 Å². The molecule has 0 spiro atoms. The molecule has 0 aromatic heterocycles. The van der Waals surface area contributed by atoms with E-state index in [2.05, 4.69) is 0 Å². The number of ether oxygens (including phenoxy) is 1. The van der Waals surface area contributed by atoms with E-state index < -0.39 is 12.0 Å². The minimum absolute atomic E-state index is 0.0801. The van der Waals surface area contributed by atoms with Crippen LogP contribution in [0.2, 0.25) is 0 Å². The van der Waals surface area contributed by atoms with Gasteiger partial charge in [0.2, 0.25) is 0 Å². The third-order valence-electron chi connectivity index (χ3n) is 3.13. The van der Waals surface area contributed by atoms with E-state index >= 15 is 0 Å². The number of rotatable bonds is 6. The monoisotopic (exact) mass is 249 g/mol. The molecule has 3 N–H and O–H groups in total. The molecule has 1 aliphatic carbocycles. The summed E-state index contributed by atoms with van der Waals surface area (Å²) in [5.41, 5.74) is 7.78. The summed E-state index contributed by atoms with van der Waals surface area (Å²) in [7, 11) is 0. The summed E-state index contributed by atoms with van der Waals surface area (Å²) in [6, 6.07) is 5.24. The number of carboxylic acid groups (broad SMARTS) is 1. The molecule has 0 bridgehead atoms. The Bertz CT molecular complexity index is 441. The van der Waals surface area contributed by atoms with Gasteiger partial charge in [-0.15, -0.1) is 0 Å². The molecule has 4 heteroatoms. The molecule has 0 radical (unpaired) electrons. The molecule has 18 heavy (non-hydrogen) atoms. The first-order valence-electron chi connectivity index (χ1n) is 6.27. The molecule has 1 fully saturated rings. The molecular weight excluding hydrogens is 230 g/mol. The van der Waals surface area contributed by atoms with E-state index in [0.717, 1.165) is 16.9 Å². The van der Waals surface area contributed by atoms with Crippen molar-refractivity contribution >= 4 is 5.97 Å². The fourth-order valence-electron chi connectivity index (χ4n) is 1.88. The van der Waals surface area contributed by atoms with Gasteiger partial charge >= 0.3 is 5.97 Å². The van der Waals surface area contributed by atoms with Crippen LogP contribution in [0.1, 0.15) is 36.4 Å². The van der Waals surface area contributed by atoms with Crippen LogP contribution in [0.5, 0.6) is 5.75 Å². The van der Waals surface area contributed by atoms with Gasteiger partial charge in [0.25, 0.3) is 0 Å². The molecule has 1 aliphatic rings. The summed E-state index contributed by atoms with van der Waals surface area (Å²) < 4.78 is 5.75. The lowest BCUT2D eigenvalue weighted by Crippen LogP contribution is -2.16. The molecule has 1 saturated carbocycles. The molecule has 0 amide bonds. The summed E-state index contributed by atoms with van der Waals surface area (Å²) in [5.74, 6) is 0.494. The Morgan fingerprint density at radius 1 is 1.56 bits per heavy atom. The minimum Gasteiger partial charge on any atom is -0.493 e. The van der Waals surface area contributed by atoms with E-state index in [1.54, 1.807) is 0 Å². The predicted molar refractivity (Wildman–Crippen MR) is 68.6 cm³/mol. The second-order valence-corrected chi connectivity index (χ2v) is 5.00. The highest BCUT2D eigenvalue weighted by Crippen LogP contribution is 2.32. The Hall–Kier alpha value is -1.55. The number of carboxylic acids is 1. The van der Waals surface area contributed by atoms with Gasteiger partial charge in [-0.2, -0.15) is 0 Å². The number of hydrogen-bond donors (Lipinski definition) is 2. The summed E-state index contributed by atoms with van der Waals surface area (Å²) in [4.78, 5) is 10.7. The molecule has 1 atom stereocenters. The number of hydrogen-bond acceptors (Lipinski definition) is 3. The Kier molecular flexibility index (Phi) is 3.87. The van der Waals surface area contributed by atoms with Crippen LogP contribution < -0.4 is 10.5 Å². The number of aliphatic carboxylic acids is 1. The quantitative estimate of drug-likeness (QED) is 0.811. The highest BCUT2D eigenvalue weighted by atomic mass is 16.5. The Labute approximate surface area is 107 Å². The van der Waals surface area contributed by atoms with Gasteiger partial charge in [-0.25, -0.2) is 0 Å². The van der Waals surface area contributed by atoms with Crippen molar-refractivity contribution in [1.82, 2.24) is 0 Å². The molecule has 1 unspecified atom stereocenters. The summed E-state index contributed by atoms with van der Waals surface area (Å²) in [5, 5.41) is 8.81. The van der Waals surface area contributed by atoms with Crippen LogP contribution >= 0.6 is 0 Å². The molecule has 98 valence electrons. The van der Waals surface area contributed by atoms with Crippen LogP contribution in [-0.4, -0.2) is 17.7 Å². The molecular formula is C14H19NO3. The van der Waals surface area contributed by atoms with Gasteiger partial charge in [0.05, 0.1) is 13.0 Å². The lowest BCUT2D eigenvalue weighted by atomic mass is 10.0. The number of benzene rings is 1. The fraction of sp³-hybridized carbons (Fsp3) is 0.500. The van der Waals surface area contributed by atoms with Gasteiger partial charge in [0.15, 0.2) is 0 Å². The van der Waals surface area contributed by atoms with Crippen molar-refractivity contribution in [3.8, 4) is 5.75 Å². The van der Waals surface area contributed by atoms with E-state index in [1.807, 2.05) is 25.1 Å². The van der Waals surface area contributed by atoms with E-state index in [0.29, 0.717) is 12.5 Å². The molecule has 4 nitrogen and oxygen atoms in total. The third kappa shape index (κ3) is 3.47. The maximum absolute atomic E-state index is 10.7. The van der Waals surface area contributed by atoms with Crippen molar-refractivity contribution in [1.29, 1.82) is 0 Å². The van der Waals surface area contributed by atoms with Crippen LogP contribution in [0, 0.1) is 12.8 Å². The average molecular weight is 249 g/mol. The lowest BCUT2D eigenvalue weighted by Gasteiger charge is -2.16. The molecule has 1 aromatic carbocycles. The highest BCUT2D eigenvalue weighted by molar-refractivity contribution is 5.68. The summed E-state index contributed by atoms with van der Waals surface area (Å²) in [6.45, 7) is 2.66. The molecule has 1 aromatic rings. The van der Waals surface area contributed by atoms with Gasteiger partial charge in [-0.05, 0) is 31.7 Å². The van der Waals surface area contributed by atoms with Crippen molar-refractivity contribution < 1.29 is 14.6 Å². The third-order valence-corrected chi connectivity index (χ3v) is 3.13. The zero-order valence-electron chi connectivity index (χ0n) is 10.6. The fourth-order valence-corrected chi connectivity index (χ4v) is 1.88. The Morgan fingerprint density at radius 2 is 2.28 bits per heavy atom. The Morgan fingerprint density at radius 3 is 2.89 bits per heavy atom. The van der Waals surface area contributed by atoms with Gasteiger partial charge in [-0.1, -0.05) is 17.7 Å². The minimum atomic E-state index is -0.892. The van der Waals surface area contributed by atoms with E-state index in [-0.39, 0.29) is 6.42 Å². The second-order valence-electron chi connectivity index (χ2n) is 5.00.